The summed E-state index contributed by atoms with van der Waals surface area (Å²) in [5.41, 5.74) is 1.94. The summed E-state index contributed by atoms with van der Waals surface area (Å²) >= 11 is 0. The minimum absolute atomic E-state index is 0.0107. The molecule has 0 saturated carbocycles. The van der Waals surface area contributed by atoms with Gasteiger partial charge in [-0.15, -0.1) is 0 Å². The number of carboxylic acid groups (broad SMARTS) is 1. The number of H-pyrrole nitrogens is 1. The molecule has 0 saturated heterocycles. The second-order valence-corrected chi connectivity index (χ2v) is 6.14. The van der Waals surface area contributed by atoms with Crippen LogP contribution < -0.4 is 9.97 Å². The van der Waals surface area contributed by atoms with Crippen LogP contribution >= 0.6 is 0 Å². The summed E-state index contributed by atoms with van der Waals surface area (Å²) in [6.45, 7) is 0. The second-order valence-electron chi connectivity index (χ2n) is 6.14. The van der Waals surface area contributed by atoms with Gasteiger partial charge in [-0.3, -0.25) is 4.79 Å². The van der Waals surface area contributed by atoms with Crippen LogP contribution in [0, 0.1) is 0 Å². The van der Waals surface area contributed by atoms with Crippen molar-refractivity contribution in [3.8, 4) is 5.75 Å². The molecule has 4 N–H and O–H groups in total. The first-order valence-electron chi connectivity index (χ1n) is 8.11. The van der Waals surface area contributed by atoms with Crippen LogP contribution in [0.25, 0.3) is 10.9 Å². The summed E-state index contributed by atoms with van der Waals surface area (Å²) in [7, 11) is -1.34. The number of aromatic carboxylic acids is 1. The molecule has 1 aliphatic heterocycles. The molecule has 8 heteroatoms. The number of carbonyl (C=O) groups is 2. The molecule has 1 amide bonds. The minimum atomic E-state index is -1.34. The maximum atomic E-state index is 12.7. The van der Waals surface area contributed by atoms with E-state index >= 15 is 0 Å². The first kappa shape index (κ1) is 16.2. The van der Waals surface area contributed by atoms with Gasteiger partial charge in [0.2, 0.25) is 0 Å². The number of hydrogen-bond donors (Lipinski definition) is 4. The van der Waals surface area contributed by atoms with E-state index in [0.29, 0.717) is 11.1 Å². The van der Waals surface area contributed by atoms with Gasteiger partial charge in [-0.05, 0) is 36.2 Å². The van der Waals surface area contributed by atoms with Gasteiger partial charge >= 0.3 is 13.1 Å². The molecule has 1 aromatic heterocycles. The van der Waals surface area contributed by atoms with Gasteiger partial charge in [0.05, 0.1) is 11.5 Å². The number of amides is 1. The molecule has 2 heterocycles. The third-order valence-corrected chi connectivity index (χ3v) is 4.51. The van der Waals surface area contributed by atoms with E-state index in [4.69, 9.17) is 4.65 Å². The Morgan fingerprint density at radius 1 is 1.15 bits per heavy atom. The van der Waals surface area contributed by atoms with E-state index in [0.717, 1.165) is 10.9 Å². The molecule has 0 aliphatic carbocycles. The molecule has 2 aromatic carbocycles. The lowest BCUT2D eigenvalue weighted by Gasteiger charge is -2.29. The van der Waals surface area contributed by atoms with Crippen LogP contribution in [0.4, 0.5) is 0 Å². The Morgan fingerprint density at radius 3 is 2.73 bits per heavy atom. The lowest BCUT2D eigenvalue weighted by Crippen LogP contribution is -2.53. The quantitative estimate of drug-likeness (QED) is 0.537. The summed E-state index contributed by atoms with van der Waals surface area (Å²) < 4.78 is 5.40. The molecule has 1 aliphatic rings. The van der Waals surface area contributed by atoms with Gasteiger partial charge in [0.25, 0.3) is 5.91 Å². The summed E-state index contributed by atoms with van der Waals surface area (Å²) in [6, 6.07) is 11.9. The molecule has 3 aromatic rings. The first-order chi connectivity index (χ1) is 12.5. The average Bonchev–Trinajstić information content (AvgIpc) is 3.10. The zero-order valence-electron chi connectivity index (χ0n) is 13.6. The molecular formula is C18H15BN2O5. The van der Waals surface area contributed by atoms with Crippen LogP contribution in [0.15, 0.2) is 48.7 Å². The molecule has 0 radical (unpaired) electrons. The van der Waals surface area contributed by atoms with Crippen molar-refractivity contribution in [3.05, 3.63) is 65.4 Å². The van der Waals surface area contributed by atoms with Crippen molar-refractivity contribution in [1.29, 1.82) is 0 Å². The van der Waals surface area contributed by atoms with Crippen molar-refractivity contribution in [2.75, 3.05) is 0 Å². The lowest BCUT2D eigenvalue weighted by atomic mass is 9.72. The Morgan fingerprint density at radius 2 is 1.92 bits per heavy atom. The highest BCUT2D eigenvalue weighted by Crippen LogP contribution is 2.30. The molecule has 26 heavy (non-hydrogen) atoms. The van der Waals surface area contributed by atoms with Crippen LogP contribution in [0.5, 0.6) is 5.75 Å². The van der Waals surface area contributed by atoms with Crippen LogP contribution in [-0.2, 0) is 6.42 Å². The lowest BCUT2D eigenvalue weighted by molar-refractivity contribution is 0.0693. The van der Waals surface area contributed by atoms with Gasteiger partial charge in [0, 0.05) is 22.7 Å². The number of rotatable bonds is 3. The Bertz CT molecular complexity index is 1020. The Labute approximate surface area is 148 Å². The number of fused-ring (bicyclic) bond motifs is 2. The summed E-state index contributed by atoms with van der Waals surface area (Å²) in [5, 5.41) is 23.1. The molecule has 0 fully saturated rings. The van der Waals surface area contributed by atoms with E-state index in [2.05, 4.69) is 10.3 Å². The van der Waals surface area contributed by atoms with E-state index in [-0.39, 0.29) is 23.6 Å². The first-order valence-corrected chi connectivity index (χ1v) is 8.11. The summed E-state index contributed by atoms with van der Waals surface area (Å²) in [4.78, 5) is 27.0. The topological polar surface area (TPSA) is 112 Å². The Kier molecular flexibility index (Phi) is 3.89. The third kappa shape index (κ3) is 2.70. The molecule has 0 bridgehead atoms. The van der Waals surface area contributed by atoms with Crippen molar-refractivity contribution >= 4 is 29.9 Å². The smallest absolute Gasteiger partial charge is 0.534 e. The number of nitrogens with one attached hydrogen (secondary N) is 2. The maximum absolute atomic E-state index is 12.7. The van der Waals surface area contributed by atoms with Gasteiger partial charge in [0.15, 0.2) is 0 Å². The van der Waals surface area contributed by atoms with Crippen LogP contribution in [0.3, 0.4) is 0 Å². The van der Waals surface area contributed by atoms with Gasteiger partial charge in [0.1, 0.15) is 5.75 Å². The van der Waals surface area contributed by atoms with Gasteiger partial charge < -0.3 is 25.1 Å². The fourth-order valence-electron chi connectivity index (χ4n) is 3.25. The van der Waals surface area contributed by atoms with Crippen molar-refractivity contribution < 1.29 is 24.4 Å². The predicted octanol–water partition coefficient (Wildman–Crippen LogP) is 1.62. The summed E-state index contributed by atoms with van der Waals surface area (Å²) in [5.74, 6) is -2.00. The zero-order chi connectivity index (χ0) is 18.3. The van der Waals surface area contributed by atoms with E-state index in [1.807, 2.05) is 12.1 Å². The SMILES string of the molecule is O=C(O)c1cccc2c1OB(O)C(NC(=O)c1cccc3[nH]ccc13)C2. The molecule has 1 atom stereocenters. The number of aromatic nitrogens is 1. The zero-order valence-corrected chi connectivity index (χ0v) is 13.6. The molecule has 1 unspecified atom stereocenters. The molecular weight excluding hydrogens is 335 g/mol. The monoisotopic (exact) mass is 350 g/mol. The largest absolute Gasteiger partial charge is 0.547 e. The number of para-hydroxylation sites is 1. The number of hydrogen-bond acceptors (Lipinski definition) is 4. The highest BCUT2D eigenvalue weighted by molar-refractivity contribution is 6.47. The van der Waals surface area contributed by atoms with Gasteiger partial charge in [-0.1, -0.05) is 18.2 Å². The molecule has 0 spiro atoms. The fourth-order valence-corrected chi connectivity index (χ4v) is 3.25. The molecule has 4 rings (SSSR count). The minimum Gasteiger partial charge on any atom is -0.534 e. The number of carbonyl (C=O) groups excluding carboxylic acids is 1. The molecule has 7 nitrogen and oxygen atoms in total. The standard InChI is InChI=1S/C18H15BN2O5/c22-17(12-4-2-6-14-11(12)7-8-20-14)21-15-9-10-3-1-5-13(18(23)24)16(10)26-19(15)25/h1-8,15,20,25H,9H2,(H,21,22)(H,23,24). The number of benzene rings is 2. The third-order valence-electron chi connectivity index (χ3n) is 4.51. The van der Waals surface area contributed by atoms with Crippen LogP contribution in [0.1, 0.15) is 26.3 Å². The maximum Gasteiger partial charge on any atom is 0.547 e. The highest BCUT2D eigenvalue weighted by atomic mass is 16.5. The fraction of sp³-hybridized carbons (Fsp3) is 0.111. The summed E-state index contributed by atoms with van der Waals surface area (Å²) in [6.07, 6.45) is 2.02. The number of aromatic amines is 1. The normalized spacial score (nSPS) is 16.0. The second kappa shape index (κ2) is 6.23. The molecule has 130 valence electrons. The van der Waals surface area contributed by atoms with Crippen molar-refractivity contribution in [1.82, 2.24) is 10.3 Å². The average molecular weight is 350 g/mol. The van der Waals surface area contributed by atoms with Crippen molar-refractivity contribution in [2.24, 2.45) is 0 Å². The Hall–Kier alpha value is -3.26. The highest BCUT2D eigenvalue weighted by Gasteiger charge is 2.38. The predicted molar refractivity (Wildman–Crippen MR) is 95.3 cm³/mol. The van der Waals surface area contributed by atoms with E-state index in [9.17, 15) is 19.7 Å². The van der Waals surface area contributed by atoms with Gasteiger partial charge in [-0.2, -0.15) is 0 Å². The van der Waals surface area contributed by atoms with Crippen molar-refractivity contribution in [3.63, 3.8) is 0 Å². The van der Waals surface area contributed by atoms with E-state index < -0.39 is 19.0 Å². The van der Waals surface area contributed by atoms with E-state index in [1.165, 1.54) is 6.07 Å². The number of carboxylic acids is 1. The van der Waals surface area contributed by atoms with Crippen LogP contribution in [-0.4, -0.2) is 40.1 Å². The van der Waals surface area contributed by atoms with Gasteiger partial charge in [-0.25, -0.2) is 4.79 Å². The van der Waals surface area contributed by atoms with Crippen LogP contribution in [0.2, 0.25) is 0 Å². The van der Waals surface area contributed by atoms with E-state index in [1.54, 1.807) is 30.5 Å². The van der Waals surface area contributed by atoms with Crippen molar-refractivity contribution in [2.45, 2.75) is 12.4 Å². The Balaban J connectivity index is 1.60.